The summed E-state index contributed by atoms with van der Waals surface area (Å²) in [6.45, 7) is 4.41. The van der Waals surface area contributed by atoms with E-state index in [1.54, 1.807) is 0 Å². The third-order valence-corrected chi connectivity index (χ3v) is 8.96. The Bertz CT molecular complexity index is 1430. The molecule has 3 aromatic carbocycles. The zero-order valence-electron chi connectivity index (χ0n) is 20.3. The molecule has 37 heavy (non-hydrogen) atoms. The molecule has 9 heteroatoms. The maximum Gasteiger partial charge on any atom is 0.251 e. The van der Waals surface area contributed by atoms with Crippen LogP contribution in [0.25, 0.3) is 10.8 Å². The molecule has 5 rings (SSSR count). The highest BCUT2D eigenvalue weighted by molar-refractivity contribution is 7.89. The lowest BCUT2D eigenvalue weighted by Gasteiger charge is -2.33. The molecule has 0 saturated carbocycles. The highest BCUT2D eigenvalue weighted by Crippen LogP contribution is 2.34. The van der Waals surface area contributed by atoms with Gasteiger partial charge in [0.15, 0.2) is 0 Å². The van der Waals surface area contributed by atoms with Gasteiger partial charge in [-0.3, -0.25) is 9.59 Å². The molecule has 0 aromatic heterocycles. The van der Waals surface area contributed by atoms with Gasteiger partial charge >= 0.3 is 0 Å². The van der Waals surface area contributed by atoms with Crippen molar-refractivity contribution < 1.29 is 22.7 Å². The van der Waals surface area contributed by atoms with Gasteiger partial charge in [-0.2, -0.15) is 4.31 Å². The van der Waals surface area contributed by atoms with Crippen LogP contribution in [0.4, 0.5) is 0 Å². The molecule has 2 fully saturated rings. The Kier molecular flexibility index (Phi) is 7.10. The lowest BCUT2D eigenvalue weighted by atomic mass is 9.94. The standard InChI is InChI=1S/C28H29N3O5S/c1-2-26(32)30-27-16-21-14-15-31(18-25(21)36-27)37(34,35)23-12-10-20(11-13-23)28(33)29-17-22-8-5-7-19-6-3-4-9-24(19)22/h2-13,21,25,27H,1,14-18H2,(H,29,33)(H,30,32). The monoisotopic (exact) mass is 519 g/mol. The molecule has 0 spiro atoms. The second-order valence-corrected chi connectivity index (χ2v) is 11.3. The van der Waals surface area contributed by atoms with Crippen molar-refractivity contribution in [2.24, 2.45) is 5.92 Å². The smallest absolute Gasteiger partial charge is 0.251 e. The SMILES string of the molecule is C=CC(=O)NC1CC2CCN(S(=O)(=O)c3ccc(C(=O)NCc4cccc5ccccc45)cc3)CC2O1. The van der Waals surface area contributed by atoms with Crippen molar-refractivity contribution in [2.75, 3.05) is 13.1 Å². The Morgan fingerprint density at radius 1 is 1.05 bits per heavy atom. The van der Waals surface area contributed by atoms with Gasteiger partial charge in [-0.1, -0.05) is 49.0 Å². The molecule has 3 aromatic rings. The zero-order chi connectivity index (χ0) is 26.0. The number of sulfonamides is 1. The summed E-state index contributed by atoms with van der Waals surface area (Å²) >= 11 is 0. The van der Waals surface area contributed by atoms with Crippen LogP contribution in [0, 0.1) is 5.92 Å². The van der Waals surface area contributed by atoms with E-state index in [1.165, 1.54) is 34.6 Å². The van der Waals surface area contributed by atoms with Crippen LogP contribution in [0.1, 0.15) is 28.8 Å². The normalized spacial score (nSPS) is 21.8. The molecule has 2 aliphatic rings. The molecule has 8 nitrogen and oxygen atoms in total. The molecular weight excluding hydrogens is 490 g/mol. The van der Waals surface area contributed by atoms with Crippen LogP contribution < -0.4 is 10.6 Å². The Hall–Kier alpha value is -3.53. The molecule has 0 bridgehead atoms. The lowest BCUT2D eigenvalue weighted by Crippen LogP contribution is -2.45. The van der Waals surface area contributed by atoms with Gasteiger partial charge in [-0.15, -0.1) is 0 Å². The number of hydrogen-bond donors (Lipinski definition) is 2. The lowest BCUT2D eigenvalue weighted by molar-refractivity contribution is -0.120. The van der Waals surface area contributed by atoms with E-state index in [4.69, 9.17) is 4.74 Å². The van der Waals surface area contributed by atoms with Crippen molar-refractivity contribution in [1.29, 1.82) is 0 Å². The first kappa shape index (κ1) is 25.1. The number of nitrogens with zero attached hydrogens (tertiary/aromatic N) is 1. The number of carbonyl (C=O) groups is 2. The number of carbonyl (C=O) groups excluding carboxylic acids is 2. The molecule has 2 saturated heterocycles. The summed E-state index contributed by atoms with van der Waals surface area (Å²) in [4.78, 5) is 24.5. The van der Waals surface area contributed by atoms with Crippen molar-refractivity contribution in [1.82, 2.24) is 14.9 Å². The fourth-order valence-electron chi connectivity index (χ4n) is 5.08. The van der Waals surface area contributed by atoms with E-state index >= 15 is 0 Å². The third-order valence-electron chi connectivity index (χ3n) is 7.08. The number of hydrogen-bond acceptors (Lipinski definition) is 5. The fraction of sp³-hybridized carbons (Fsp3) is 0.286. The summed E-state index contributed by atoms with van der Waals surface area (Å²) in [5, 5.41) is 7.84. The van der Waals surface area contributed by atoms with Crippen molar-refractivity contribution in [3.63, 3.8) is 0 Å². The van der Waals surface area contributed by atoms with E-state index in [9.17, 15) is 18.0 Å². The molecule has 2 amide bonds. The molecule has 2 aliphatic heterocycles. The van der Waals surface area contributed by atoms with E-state index in [-0.39, 0.29) is 35.3 Å². The molecule has 2 N–H and O–H groups in total. The maximum atomic E-state index is 13.3. The first-order valence-electron chi connectivity index (χ1n) is 12.3. The van der Waals surface area contributed by atoms with Crippen LogP contribution in [0.15, 0.2) is 84.3 Å². The van der Waals surface area contributed by atoms with Gasteiger partial charge in [0.2, 0.25) is 15.9 Å². The first-order valence-corrected chi connectivity index (χ1v) is 13.7. The number of benzene rings is 3. The predicted octanol–water partition coefficient (Wildman–Crippen LogP) is 3.20. The van der Waals surface area contributed by atoms with Crippen molar-refractivity contribution in [2.45, 2.75) is 36.6 Å². The van der Waals surface area contributed by atoms with Gasteiger partial charge < -0.3 is 15.4 Å². The number of nitrogens with one attached hydrogen (secondary N) is 2. The van der Waals surface area contributed by atoms with Crippen LogP contribution in [-0.4, -0.2) is 50.0 Å². The first-order chi connectivity index (χ1) is 17.8. The topological polar surface area (TPSA) is 105 Å². The van der Waals surface area contributed by atoms with Crippen molar-refractivity contribution in [3.8, 4) is 0 Å². The van der Waals surface area contributed by atoms with Gasteiger partial charge in [-0.25, -0.2) is 8.42 Å². The van der Waals surface area contributed by atoms with E-state index in [1.807, 2.05) is 42.5 Å². The van der Waals surface area contributed by atoms with Crippen LogP contribution in [0.5, 0.6) is 0 Å². The number of ether oxygens (including phenoxy) is 1. The largest absolute Gasteiger partial charge is 0.354 e. The van der Waals surface area contributed by atoms with Gasteiger partial charge in [0, 0.05) is 25.2 Å². The van der Waals surface area contributed by atoms with Crippen LogP contribution in [0.3, 0.4) is 0 Å². The Morgan fingerprint density at radius 3 is 2.59 bits per heavy atom. The molecular formula is C28H29N3O5S. The van der Waals surface area contributed by atoms with E-state index < -0.39 is 16.3 Å². The summed E-state index contributed by atoms with van der Waals surface area (Å²) in [7, 11) is -3.75. The second kappa shape index (κ2) is 10.5. The summed E-state index contributed by atoms with van der Waals surface area (Å²) in [6, 6.07) is 20.0. The van der Waals surface area contributed by atoms with Crippen LogP contribution >= 0.6 is 0 Å². The summed E-state index contributed by atoms with van der Waals surface area (Å²) < 4.78 is 33.9. The second-order valence-electron chi connectivity index (χ2n) is 9.37. The zero-order valence-corrected chi connectivity index (χ0v) is 21.1. The minimum atomic E-state index is -3.75. The van der Waals surface area contributed by atoms with Gasteiger partial charge in [0.25, 0.3) is 5.91 Å². The highest BCUT2D eigenvalue weighted by atomic mass is 32.2. The van der Waals surface area contributed by atoms with Gasteiger partial charge in [-0.05, 0) is 65.4 Å². The number of piperidine rings is 1. The number of fused-ring (bicyclic) bond motifs is 2. The maximum absolute atomic E-state index is 13.3. The van der Waals surface area contributed by atoms with Gasteiger partial charge in [0.05, 0.1) is 11.0 Å². The Morgan fingerprint density at radius 2 is 1.81 bits per heavy atom. The highest BCUT2D eigenvalue weighted by Gasteiger charge is 2.42. The van der Waals surface area contributed by atoms with Crippen molar-refractivity contribution >= 4 is 32.6 Å². The summed E-state index contributed by atoms with van der Waals surface area (Å²) in [5.74, 6) is -0.395. The van der Waals surface area contributed by atoms with Crippen LogP contribution in [-0.2, 0) is 26.1 Å². The molecule has 3 unspecified atom stereocenters. The minimum absolute atomic E-state index is 0.131. The average molecular weight is 520 g/mol. The summed E-state index contributed by atoms with van der Waals surface area (Å²) in [5.41, 5.74) is 1.40. The summed E-state index contributed by atoms with van der Waals surface area (Å²) in [6.07, 6.45) is 1.78. The predicted molar refractivity (Wildman–Crippen MR) is 140 cm³/mol. The van der Waals surface area contributed by atoms with E-state index in [2.05, 4.69) is 17.2 Å². The van der Waals surface area contributed by atoms with E-state index in [0.29, 0.717) is 31.5 Å². The number of amides is 2. The molecule has 0 radical (unpaired) electrons. The quantitative estimate of drug-likeness (QED) is 0.467. The van der Waals surface area contributed by atoms with Crippen molar-refractivity contribution in [3.05, 3.63) is 90.5 Å². The fourth-order valence-corrected chi connectivity index (χ4v) is 6.55. The third kappa shape index (κ3) is 5.29. The average Bonchev–Trinajstić information content (AvgIpc) is 3.33. The molecule has 192 valence electrons. The molecule has 0 aliphatic carbocycles. The number of rotatable bonds is 7. The Labute approximate surface area is 216 Å². The van der Waals surface area contributed by atoms with Crippen LogP contribution in [0.2, 0.25) is 0 Å². The van der Waals surface area contributed by atoms with Gasteiger partial charge in [0.1, 0.15) is 6.23 Å². The van der Waals surface area contributed by atoms with E-state index in [0.717, 1.165) is 16.3 Å². The minimum Gasteiger partial charge on any atom is -0.354 e. The Balaban J connectivity index is 1.21. The molecule has 2 heterocycles. The molecule has 3 atom stereocenters.